The van der Waals surface area contributed by atoms with Crippen LogP contribution < -0.4 is 10.6 Å². The highest BCUT2D eigenvalue weighted by Crippen LogP contribution is 2.54. The molecule has 2 aromatic carbocycles. The van der Waals surface area contributed by atoms with Gasteiger partial charge in [-0.2, -0.15) is 0 Å². The third-order valence-electron chi connectivity index (χ3n) is 9.25. The van der Waals surface area contributed by atoms with E-state index in [1.165, 1.54) is 13.5 Å². The van der Waals surface area contributed by atoms with Crippen LogP contribution in [0.15, 0.2) is 66.5 Å². The number of hydrogen-bond donors (Lipinski definition) is 3. The van der Waals surface area contributed by atoms with E-state index < -0.39 is 23.5 Å². The van der Waals surface area contributed by atoms with E-state index in [0.717, 1.165) is 59.5 Å². The molecule has 1 heterocycles. The van der Waals surface area contributed by atoms with Crippen LogP contribution in [0.4, 0.5) is 4.79 Å². The molecule has 0 unspecified atom stereocenters. The number of amides is 2. The van der Waals surface area contributed by atoms with Crippen molar-refractivity contribution in [1.29, 1.82) is 0 Å². The number of aromatic amines is 1. The summed E-state index contributed by atoms with van der Waals surface area (Å²) < 4.78 is 11.1. The fourth-order valence-electron chi connectivity index (χ4n) is 7.52. The molecule has 0 saturated heterocycles. The van der Waals surface area contributed by atoms with Gasteiger partial charge in [0.25, 0.3) is 5.91 Å². The molecule has 1 atom stereocenters. The maximum absolute atomic E-state index is 14.0. The number of para-hydroxylation sites is 1. The van der Waals surface area contributed by atoms with Gasteiger partial charge in [0.05, 0.1) is 7.11 Å². The summed E-state index contributed by atoms with van der Waals surface area (Å²) in [5.41, 5.74) is 1.06. The zero-order chi connectivity index (χ0) is 28.6. The Morgan fingerprint density at radius 2 is 1.61 bits per heavy atom. The van der Waals surface area contributed by atoms with E-state index in [1.807, 2.05) is 60.8 Å². The lowest BCUT2D eigenvalue weighted by Gasteiger charge is -2.53. The van der Waals surface area contributed by atoms with Crippen molar-refractivity contribution in [1.82, 2.24) is 15.6 Å². The predicted octanol–water partition coefficient (Wildman–Crippen LogP) is 5.35. The molecule has 0 radical (unpaired) electrons. The van der Waals surface area contributed by atoms with Crippen LogP contribution in [-0.2, 0) is 25.5 Å². The molecule has 3 aromatic rings. The number of carbonyl (C=O) groups is 3. The molecule has 4 fully saturated rings. The molecule has 1 aromatic heterocycles. The van der Waals surface area contributed by atoms with Crippen molar-refractivity contribution in [3.8, 4) is 0 Å². The van der Waals surface area contributed by atoms with Gasteiger partial charge in [-0.05, 0) is 86.0 Å². The highest BCUT2D eigenvalue weighted by atomic mass is 16.6. The first-order valence-corrected chi connectivity index (χ1v) is 14.5. The lowest BCUT2D eigenvalue weighted by atomic mass is 9.55. The first kappa shape index (κ1) is 27.1. The van der Waals surface area contributed by atoms with E-state index in [4.69, 9.17) is 9.47 Å². The number of methoxy groups -OCH3 is 1. The number of esters is 1. The Balaban J connectivity index is 1.26. The van der Waals surface area contributed by atoms with Crippen LogP contribution in [-0.4, -0.2) is 41.7 Å². The summed E-state index contributed by atoms with van der Waals surface area (Å²) in [5, 5.41) is 6.61. The van der Waals surface area contributed by atoms with Crippen LogP contribution in [0.2, 0.25) is 0 Å². The smallest absolute Gasteiger partial charge is 0.408 e. The lowest BCUT2D eigenvalue weighted by Crippen LogP contribution is -2.59. The van der Waals surface area contributed by atoms with Crippen molar-refractivity contribution < 1.29 is 23.9 Å². The van der Waals surface area contributed by atoms with Gasteiger partial charge < -0.3 is 25.1 Å². The lowest BCUT2D eigenvalue weighted by molar-refractivity contribution is -0.138. The molecular weight excluding hydrogens is 518 g/mol. The Bertz CT molecular complexity index is 1450. The number of alkyl carbamates (subject to hydrolysis) is 1. The molecular formula is C33H37N3O5. The van der Waals surface area contributed by atoms with Crippen molar-refractivity contribution in [3.05, 3.63) is 77.6 Å². The maximum atomic E-state index is 14.0. The minimum Gasteiger partial charge on any atom is -0.464 e. The zero-order valence-electron chi connectivity index (χ0n) is 23.5. The summed E-state index contributed by atoms with van der Waals surface area (Å²) in [5.74, 6) is 1.07. The maximum Gasteiger partial charge on any atom is 0.408 e. The van der Waals surface area contributed by atoms with E-state index in [-0.39, 0.29) is 18.2 Å². The van der Waals surface area contributed by atoms with E-state index in [0.29, 0.717) is 11.8 Å². The van der Waals surface area contributed by atoms with Gasteiger partial charge in [0.2, 0.25) is 0 Å². The van der Waals surface area contributed by atoms with Crippen LogP contribution in [0.1, 0.15) is 50.2 Å². The predicted molar refractivity (Wildman–Crippen MR) is 155 cm³/mol. The normalized spacial score (nSPS) is 26.3. The van der Waals surface area contributed by atoms with Gasteiger partial charge in [-0.15, -0.1) is 0 Å². The summed E-state index contributed by atoms with van der Waals surface area (Å²) in [6.45, 7) is 1.67. The monoisotopic (exact) mass is 555 g/mol. The number of fused-ring (bicyclic) bond motifs is 1. The molecule has 41 heavy (non-hydrogen) atoms. The van der Waals surface area contributed by atoms with E-state index in [2.05, 4.69) is 15.6 Å². The third kappa shape index (κ3) is 5.60. The Morgan fingerprint density at radius 3 is 2.29 bits per heavy atom. The standard InChI is InChI=1S/C33H37N3O5/c1-33(18-25-19-34-27-11-7-6-10-26(25)27,31(38)35-28(30(37)40-2)17-20-8-4-3-5-9-20)36-32(39)41-29-23-13-21-12-22(15-23)16-24(29)14-21/h3-11,17,19,21-24,29,34H,12-16,18H2,1-2H3,(H,35,38)(H,36,39)/b28-17-/t21?,22?,23?,24?,29?,33-/m1/s1. The number of rotatable bonds is 8. The van der Waals surface area contributed by atoms with Gasteiger partial charge >= 0.3 is 12.1 Å². The number of ether oxygens (including phenoxy) is 2. The third-order valence-corrected chi connectivity index (χ3v) is 9.25. The van der Waals surface area contributed by atoms with Crippen molar-refractivity contribution in [2.24, 2.45) is 23.7 Å². The van der Waals surface area contributed by atoms with E-state index in [9.17, 15) is 14.4 Å². The number of H-pyrrole nitrogens is 1. The topological polar surface area (TPSA) is 110 Å². The summed E-state index contributed by atoms with van der Waals surface area (Å²) in [7, 11) is 1.26. The molecule has 8 heteroatoms. The minimum atomic E-state index is -1.43. The second-order valence-corrected chi connectivity index (χ2v) is 12.2. The SMILES string of the molecule is COC(=O)/C(=C/c1ccccc1)NC(=O)[C@@](C)(Cc1c[nH]c2ccccc12)NC(=O)OC1C2CC3CC(C2)CC1C3. The average Bonchev–Trinajstić information content (AvgIpc) is 3.36. The zero-order valence-corrected chi connectivity index (χ0v) is 23.5. The molecule has 3 N–H and O–H groups in total. The fraction of sp³-hybridized carbons (Fsp3) is 0.424. The van der Waals surface area contributed by atoms with Crippen molar-refractivity contribution in [2.45, 2.75) is 57.1 Å². The summed E-state index contributed by atoms with van der Waals surface area (Å²) in [6.07, 6.45) is 8.64. The Kier molecular flexibility index (Phi) is 7.32. The van der Waals surface area contributed by atoms with Crippen molar-refractivity contribution in [3.63, 3.8) is 0 Å². The van der Waals surface area contributed by atoms with Gasteiger partial charge in [-0.25, -0.2) is 9.59 Å². The highest BCUT2D eigenvalue weighted by molar-refractivity contribution is 6.01. The van der Waals surface area contributed by atoms with E-state index >= 15 is 0 Å². The number of hydrogen-bond acceptors (Lipinski definition) is 5. The van der Waals surface area contributed by atoms with Crippen LogP contribution in [0, 0.1) is 23.7 Å². The summed E-state index contributed by atoms with van der Waals surface area (Å²) in [6, 6.07) is 17.0. The Hall–Kier alpha value is -4.07. The average molecular weight is 556 g/mol. The van der Waals surface area contributed by atoms with Crippen molar-refractivity contribution in [2.75, 3.05) is 7.11 Å². The number of carbonyl (C=O) groups excluding carboxylic acids is 3. The van der Waals surface area contributed by atoms with Crippen LogP contribution >= 0.6 is 0 Å². The van der Waals surface area contributed by atoms with Crippen LogP contribution in [0.25, 0.3) is 17.0 Å². The summed E-state index contributed by atoms with van der Waals surface area (Å²) >= 11 is 0. The van der Waals surface area contributed by atoms with Crippen molar-refractivity contribution >= 4 is 34.9 Å². The summed E-state index contributed by atoms with van der Waals surface area (Å²) in [4.78, 5) is 43.4. The molecule has 8 nitrogen and oxygen atoms in total. The molecule has 4 saturated carbocycles. The molecule has 4 aliphatic rings. The molecule has 0 spiro atoms. The first-order chi connectivity index (χ1) is 19.8. The number of benzene rings is 2. The van der Waals surface area contributed by atoms with Gasteiger partial charge in [0.15, 0.2) is 0 Å². The quantitative estimate of drug-likeness (QED) is 0.256. The van der Waals surface area contributed by atoms with Gasteiger partial charge in [0, 0.05) is 23.5 Å². The molecule has 214 valence electrons. The Morgan fingerprint density at radius 1 is 0.951 bits per heavy atom. The molecule has 7 rings (SSSR count). The minimum absolute atomic E-state index is 0.0231. The fourth-order valence-corrected chi connectivity index (χ4v) is 7.52. The molecule has 0 aliphatic heterocycles. The van der Waals surface area contributed by atoms with Crippen LogP contribution in [0.5, 0.6) is 0 Å². The number of nitrogens with one attached hydrogen (secondary N) is 3. The second-order valence-electron chi connectivity index (χ2n) is 12.2. The van der Waals surface area contributed by atoms with Crippen LogP contribution in [0.3, 0.4) is 0 Å². The molecule has 4 aliphatic carbocycles. The largest absolute Gasteiger partial charge is 0.464 e. The first-order valence-electron chi connectivity index (χ1n) is 14.5. The number of aromatic nitrogens is 1. The second kappa shape index (κ2) is 11.1. The van der Waals surface area contributed by atoms with Gasteiger partial charge in [0.1, 0.15) is 17.3 Å². The molecule has 4 bridgehead atoms. The van der Waals surface area contributed by atoms with E-state index in [1.54, 1.807) is 13.0 Å². The highest BCUT2D eigenvalue weighted by Gasteiger charge is 2.50. The Labute approximate surface area is 239 Å². The molecule has 2 amide bonds. The van der Waals surface area contributed by atoms with Gasteiger partial charge in [-0.1, -0.05) is 48.5 Å². The van der Waals surface area contributed by atoms with Gasteiger partial charge in [-0.3, -0.25) is 4.79 Å².